The summed E-state index contributed by atoms with van der Waals surface area (Å²) >= 11 is 0. The molecule has 0 aliphatic carbocycles. The molecule has 0 aromatic heterocycles. The molecule has 2 atom stereocenters. The summed E-state index contributed by atoms with van der Waals surface area (Å²) in [6.07, 6.45) is 1.45. The Morgan fingerprint density at radius 2 is 2.11 bits per heavy atom. The Morgan fingerprint density at radius 1 is 1.37 bits per heavy atom. The maximum absolute atomic E-state index is 5.97. The van der Waals surface area contributed by atoms with E-state index in [4.69, 9.17) is 15.2 Å². The normalized spacial score (nSPS) is 22.8. The van der Waals surface area contributed by atoms with Gasteiger partial charge < -0.3 is 20.1 Å². The summed E-state index contributed by atoms with van der Waals surface area (Å²) in [6.45, 7) is 6.97. The van der Waals surface area contributed by atoms with E-state index in [-0.39, 0.29) is 12.2 Å². The second-order valence-electron chi connectivity index (χ2n) is 5.47. The molecule has 1 aromatic rings. The van der Waals surface area contributed by atoms with Gasteiger partial charge in [0.2, 0.25) is 0 Å². The smallest absolute Gasteiger partial charge is 0.123 e. The number of rotatable bonds is 4. The summed E-state index contributed by atoms with van der Waals surface area (Å²) in [5.41, 5.74) is 7.78. The van der Waals surface area contributed by atoms with Gasteiger partial charge in [0.1, 0.15) is 5.75 Å². The van der Waals surface area contributed by atoms with Crippen molar-refractivity contribution in [2.45, 2.75) is 45.4 Å². The molecule has 2 rings (SSSR count). The monoisotopic (exact) mass is 264 g/mol. The summed E-state index contributed by atoms with van der Waals surface area (Å²) in [4.78, 5) is 2.24. The van der Waals surface area contributed by atoms with E-state index >= 15 is 0 Å². The van der Waals surface area contributed by atoms with Gasteiger partial charge in [0.05, 0.1) is 18.2 Å². The van der Waals surface area contributed by atoms with Crippen molar-refractivity contribution < 1.29 is 9.47 Å². The Balaban J connectivity index is 2.21. The quantitative estimate of drug-likeness (QED) is 0.849. The number of hydrogen-bond donors (Lipinski definition) is 1. The van der Waals surface area contributed by atoms with Crippen molar-refractivity contribution in [2.75, 3.05) is 24.3 Å². The van der Waals surface area contributed by atoms with Crippen molar-refractivity contribution in [3.8, 4) is 5.75 Å². The zero-order valence-corrected chi connectivity index (χ0v) is 12.2. The number of anilines is 2. The van der Waals surface area contributed by atoms with Gasteiger partial charge in [0, 0.05) is 37.2 Å². The van der Waals surface area contributed by atoms with Crippen LogP contribution in [0.25, 0.3) is 0 Å². The largest absolute Gasteiger partial charge is 0.491 e. The maximum Gasteiger partial charge on any atom is 0.123 e. The highest BCUT2D eigenvalue weighted by Gasteiger charge is 2.28. The maximum atomic E-state index is 5.97. The van der Waals surface area contributed by atoms with Crippen molar-refractivity contribution in [2.24, 2.45) is 0 Å². The Bertz CT molecular complexity index is 434. The average molecular weight is 264 g/mol. The van der Waals surface area contributed by atoms with Crippen molar-refractivity contribution in [1.29, 1.82) is 0 Å². The molecular formula is C15H24N2O2. The fraction of sp³-hybridized carbons (Fsp3) is 0.600. The highest BCUT2D eigenvalue weighted by atomic mass is 16.5. The number of ether oxygens (including phenoxy) is 2. The molecule has 106 valence electrons. The third-order valence-corrected chi connectivity index (χ3v) is 3.53. The van der Waals surface area contributed by atoms with Gasteiger partial charge in [-0.05, 0) is 33.3 Å². The molecule has 1 fully saturated rings. The Kier molecular flexibility index (Phi) is 4.20. The Morgan fingerprint density at radius 3 is 2.68 bits per heavy atom. The molecule has 2 N–H and O–H groups in total. The fourth-order valence-corrected chi connectivity index (χ4v) is 2.57. The first kappa shape index (κ1) is 14.0. The van der Waals surface area contributed by atoms with Gasteiger partial charge in [-0.15, -0.1) is 0 Å². The minimum atomic E-state index is 0.147. The molecule has 0 spiro atoms. The van der Waals surface area contributed by atoms with Crippen LogP contribution in [0.5, 0.6) is 5.75 Å². The van der Waals surface area contributed by atoms with E-state index in [1.165, 1.54) is 0 Å². The third-order valence-electron chi connectivity index (χ3n) is 3.53. The highest BCUT2D eigenvalue weighted by molar-refractivity contribution is 5.61. The van der Waals surface area contributed by atoms with Gasteiger partial charge in [0.15, 0.2) is 0 Å². The van der Waals surface area contributed by atoms with Crippen LogP contribution in [0.2, 0.25) is 0 Å². The molecule has 1 aliphatic rings. The van der Waals surface area contributed by atoms with Crippen LogP contribution in [0.3, 0.4) is 0 Å². The molecule has 1 heterocycles. The Labute approximate surface area is 115 Å². The first-order valence-electron chi connectivity index (χ1n) is 6.89. The number of likely N-dealkylation sites (N-methyl/N-ethyl adjacent to an activating group) is 1. The second-order valence-corrected chi connectivity index (χ2v) is 5.47. The van der Waals surface area contributed by atoms with Crippen LogP contribution in [0, 0.1) is 0 Å². The lowest BCUT2D eigenvalue weighted by Crippen LogP contribution is -2.36. The molecule has 0 bridgehead atoms. The predicted octanol–water partition coefficient (Wildman–Crippen LogP) is 2.67. The number of nitrogen functional groups attached to an aromatic ring is 1. The van der Waals surface area contributed by atoms with Gasteiger partial charge in [-0.25, -0.2) is 0 Å². The molecule has 0 amide bonds. The van der Waals surface area contributed by atoms with E-state index < -0.39 is 0 Å². The number of nitrogens with two attached hydrogens (primary N) is 1. The van der Waals surface area contributed by atoms with Crippen molar-refractivity contribution >= 4 is 11.4 Å². The van der Waals surface area contributed by atoms with Gasteiger partial charge in [0.25, 0.3) is 0 Å². The van der Waals surface area contributed by atoms with E-state index in [2.05, 4.69) is 18.9 Å². The van der Waals surface area contributed by atoms with Crippen LogP contribution in [-0.4, -0.2) is 31.9 Å². The van der Waals surface area contributed by atoms with Crippen LogP contribution in [0.4, 0.5) is 11.4 Å². The summed E-state index contributed by atoms with van der Waals surface area (Å²) in [7, 11) is 2.09. The standard InChI is InChI=1S/C15H24N2O2/c1-10(2)19-14-8-12(16)7-13(9-14)17(4)15-5-6-18-11(15)3/h7-11,15H,5-6,16H2,1-4H3. The summed E-state index contributed by atoms with van der Waals surface area (Å²) < 4.78 is 11.4. The molecule has 2 unspecified atom stereocenters. The van der Waals surface area contributed by atoms with Gasteiger partial charge in [-0.1, -0.05) is 0 Å². The van der Waals surface area contributed by atoms with E-state index in [1.807, 2.05) is 32.0 Å². The average Bonchev–Trinajstić information content (AvgIpc) is 2.72. The lowest BCUT2D eigenvalue weighted by Gasteiger charge is -2.29. The van der Waals surface area contributed by atoms with Crippen LogP contribution < -0.4 is 15.4 Å². The highest BCUT2D eigenvalue weighted by Crippen LogP contribution is 2.30. The first-order chi connectivity index (χ1) is 8.97. The summed E-state index contributed by atoms with van der Waals surface area (Å²) in [5.74, 6) is 0.823. The van der Waals surface area contributed by atoms with Crippen LogP contribution in [0.1, 0.15) is 27.2 Å². The topological polar surface area (TPSA) is 47.7 Å². The van der Waals surface area contributed by atoms with Gasteiger partial charge in [-0.3, -0.25) is 0 Å². The van der Waals surface area contributed by atoms with E-state index in [0.717, 1.165) is 30.2 Å². The molecular weight excluding hydrogens is 240 g/mol. The molecule has 1 saturated heterocycles. The minimum absolute atomic E-state index is 0.147. The summed E-state index contributed by atoms with van der Waals surface area (Å²) in [5, 5.41) is 0. The predicted molar refractivity (Wildman–Crippen MR) is 78.8 cm³/mol. The molecule has 19 heavy (non-hydrogen) atoms. The van der Waals surface area contributed by atoms with E-state index in [0.29, 0.717) is 6.04 Å². The van der Waals surface area contributed by atoms with Gasteiger partial charge in [-0.2, -0.15) is 0 Å². The minimum Gasteiger partial charge on any atom is -0.491 e. The lowest BCUT2D eigenvalue weighted by molar-refractivity contribution is 0.118. The van der Waals surface area contributed by atoms with E-state index in [9.17, 15) is 0 Å². The number of nitrogens with zero attached hydrogens (tertiary/aromatic N) is 1. The molecule has 4 heteroatoms. The lowest BCUT2D eigenvalue weighted by atomic mass is 10.1. The van der Waals surface area contributed by atoms with Crippen molar-refractivity contribution in [3.05, 3.63) is 18.2 Å². The molecule has 0 radical (unpaired) electrons. The number of benzene rings is 1. The van der Waals surface area contributed by atoms with Gasteiger partial charge >= 0.3 is 0 Å². The van der Waals surface area contributed by atoms with Crippen LogP contribution in [-0.2, 0) is 4.74 Å². The second kappa shape index (κ2) is 5.70. The van der Waals surface area contributed by atoms with Crippen LogP contribution in [0.15, 0.2) is 18.2 Å². The summed E-state index contributed by atoms with van der Waals surface area (Å²) in [6, 6.07) is 6.29. The molecule has 0 saturated carbocycles. The zero-order valence-electron chi connectivity index (χ0n) is 12.2. The Hall–Kier alpha value is -1.42. The third kappa shape index (κ3) is 3.32. The molecule has 1 aliphatic heterocycles. The molecule has 4 nitrogen and oxygen atoms in total. The first-order valence-corrected chi connectivity index (χ1v) is 6.89. The zero-order chi connectivity index (χ0) is 14.0. The SMILES string of the molecule is CC(C)Oc1cc(N)cc(N(C)C2CCOC2C)c1. The number of hydrogen-bond acceptors (Lipinski definition) is 4. The van der Waals surface area contributed by atoms with Crippen molar-refractivity contribution in [3.63, 3.8) is 0 Å². The van der Waals surface area contributed by atoms with Crippen LogP contribution >= 0.6 is 0 Å². The van der Waals surface area contributed by atoms with E-state index in [1.54, 1.807) is 0 Å². The fourth-order valence-electron chi connectivity index (χ4n) is 2.57. The molecule has 1 aromatic carbocycles. The van der Waals surface area contributed by atoms with Crippen molar-refractivity contribution in [1.82, 2.24) is 0 Å².